The maximum atomic E-state index is 12.0. The standard InChI is InChI=1S/C13H22O4/c1-9(2)13(7-5-6-8-13)17-11(16)12(3,4)10(14)15/h9H,5-8H2,1-4H3,(H,14,15). The molecule has 0 unspecified atom stereocenters. The molecule has 1 fully saturated rings. The van der Waals surface area contributed by atoms with Gasteiger partial charge in [0.25, 0.3) is 0 Å². The molecule has 0 aliphatic heterocycles. The molecule has 0 amide bonds. The van der Waals surface area contributed by atoms with Crippen LogP contribution in [0.1, 0.15) is 53.4 Å². The van der Waals surface area contributed by atoms with Gasteiger partial charge >= 0.3 is 11.9 Å². The van der Waals surface area contributed by atoms with Crippen LogP contribution in [0.4, 0.5) is 0 Å². The average molecular weight is 242 g/mol. The first kappa shape index (κ1) is 14.0. The van der Waals surface area contributed by atoms with Crippen LogP contribution in [0.2, 0.25) is 0 Å². The molecular weight excluding hydrogens is 220 g/mol. The van der Waals surface area contributed by atoms with E-state index in [1.54, 1.807) is 0 Å². The molecule has 1 N–H and O–H groups in total. The Morgan fingerprint density at radius 2 is 1.71 bits per heavy atom. The van der Waals surface area contributed by atoms with Gasteiger partial charge in [-0.2, -0.15) is 0 Å². The molecule has 0 radical (unpaired) electrons. The number of rotatable bonds is 4. The first-order valence-electron chi connectivity index (χ1n) is 6.19. The van der Waals surface area contributed by atoms with E-state index >= 15 is 0 Å². The summed E-state index contributed by atoms with van der Waals surface area (Å²) in [5.41, 5.74) is -1.92. The lowest BCUT2D eigenvalue weighted by molar-refractivity contribution is -0.181. The minimum atomic E-state index is -1.47. The van der Waals surface area contributed by atoms with Crippen LogP contribution in [0.15, 0.2) is 0 Å². The van der Waals surface area contributed by atoms with Crippen molar-refractivity contribution in [3.05, 3.63) is 0 Å². The van der Waals surface area contributed by atoms with E-state index < -0.39 is 23.0 Å². The Labute approximate surface area is 102 Å². The van der Waals surface area contributed by atoms with Crippen molar-refractivity contribution in [3.63, 3.8) is 0 Å². The van der Waals surface area contributed by atoms with Crippen molar-refractivity contribution in [2.24, 2.45) is 11.3 Å². The lowest BCUT2D eigenvalue weighted by atomic mass is 9.87. The molecule has 0 bridgehead atoms. The summed E-state index contributed by atoms with van der Waals surface area (Å²) in [5, 5.41) is 9.01. The number of aliphatic carboxylic acids is 1. The zero-order valence-electron chi connectivity index (χ0n) is 11.1. The number of carbonyl (C=O) groups excluding carboxylic acids is 1. The molecule has 1 saturated carbocycles. The average Bonchev–Trinajstić information content (AvgIpc) is 2.67. The summed E-state index contributed by atoms with van der Waals surface area (Å²) in [6, 6.07) is 0. The fourth-order valence-electron chi connectivity index (χ4n) is 2.17. The molecule has 0 atom stereocenters. The van der Waals surface area contributed by atoms with Crippen LogP contribution in [-0.2, 0) is 14.3 Å². The summed E-state index contributed by atoms with van der Waals surface area (Å²) in [5.74, 6) is -1.54. The predicted octanol–water partition coefficient (Wildman–Crippen LogP) is 2.61. The van der Waals surface area contributed by atoms with Crippen molar-refractivity contribution in [1.29, 1.82) is 0 Å². The van der Waals surface area contributed by atoms with Crippen molar-refractivity contribution >= 4 is 11.9 Å². The summed E-state index contributed by atoms with van der Waals surface area (Å²) in [4.78, 5) is 23.0. The number of hydrogen-bond donors (Lipinski definition) is 1. The number of carboxylic acid groups (broad SMARTS) is 1. The van der Waals surface area contributed by atoms with E-state index in [1.165, 1.54) is 13.8 Å². The SMILES string of the molecule is CC(C)C1(OC(=O)C(C)(C)C(=O)O)CCCC1. The molecule has 0 heterocycles. The van der Waals surface area contributed by atoms with E-state index in [0.29, 0.717) is 0 Å². The summed E-state index contributed by atoms with van der Waals surface area (Å²) in [6.45, 7) is 6.82. The monoisotopic (exact) mass is 242 g/mol. The first-order chi connectivity index (χ1) is 7.72. The van der Waals surface area contributed by atoms with Gasteiger partial charge in [-0.3, -0.25) is 9.59 Å². The highest BCUT2D eigenvalue weighted by molar-refractivity contribution is 5.98. The molecule has 4 nitrogen and oxygen atoms in total. The molecule has 0 aromatic rings. The van der Waals surface area contributed by atoms with Crippen molar-refractivity contribution in [1.82, 2.24) is 0 Å². The zero-order valence-corrected chi connectivity index (χ0v) is 11.1. The molecule has 1 aliphatic rings. The lowest BCUT2D eigenvalue weighted by Crippen LogP contribution is -2.44. The van der Waals surface area contributed by atoms with Crippen molar-refractivity contribution in [3.8, 4) is 0 Å². The third-order valence-corrected chi connectivity index (χ3v) is 3.84. The van der Waals surface area contributed by atoms with Crippen molar-refractivity contribution in [2.45, 2.75) is 59.0 Å². The second-order valence-corrected chi connectivity index (χ2v) is 5.75. The number of ether oxygens (including phenoxy) is 1. The van der Waals surface area contributed by atoms with E-state index in [2.05, 4.69) is 0 Å². The molecule has 4 heteroatoms. The highest BCUT2D eigenvalue weighted by atomic mass is 16.6. The van der Waals surface area contributed by atoms with Crippen LogP contribution in [0.3, 0.4) is 0 Å². The second kappa shape index (κ2) is 4.67. The van der Waals surface area contributed by atoms with E-state index in [1.807, 2.05) is 13.8 Å². The highest BCUT2D eigenvalue weighted by Crippen LogP contribution is 2.40. The second-order valence-electron chi connectivity index (χ2n) is 5.75. The van der Waals surface area contributed by atoms with Crippen LogP contribution in [-0.4, -0.2) is 22.6 Å². The van der Waals surface area contributed by atoms with Gasteiger partial charge in [0.2, 0.25) is 0 Å². The van der Waals surface area contributed by atoms with Crippen molar-refractivity contribution in [2.75, 3.05) is 0 Å². The van der Waals surface area contributed by atoms with Crippen LogP contribution in [0, 0.1) is 11.3 Å². The summed E-state index contributed by atoms with van der Waals surface area (Å²) in [7, 11) is 0. The Balaban J connectivity index is 2.82. The van der Waals surface area contributed by atoms with Gasteiger partial charge in [-0.1, -0.05) is 13.8 Å². The molecule has 17 heavy (non-hydrogen) atoms. The van der Waals surface area contributed by atoms with Gasteiger partial charge in [0.1, 0.15) is 5.60 Å². The molecule has 98 valence electrons. The van der Waals surface area contributed by atoms with E-state index in [-0.39, 0.29) is 5.92 Å². The smallest absolute Gasteiger partial charge is 0.323 e. The first-order valence-corrected chi connectivity index (χ1v) is 6.19. The maximum absolute atomic E-state index is 12.0. The Morgan fingerprint density at radius 3 is 2.06 bits per heavy atom. The van der Waals surface area contributed by atoms with Gasteiger partial charge in [0.15, 0.2) is 5.41 Å². The molecule has 0 aromatic carbocycles. The quantitative estimate of drug-likeness (QED) is 0.608. The number of carbonyl (C=O) groups is 2. The topological polar surface area (TPSA) is 63.6 Å². The van der Waals surface area contributed by atoms with Gasteiger partial charge in [0, 0.05) is 0 Å². The summed E-state index contributed by atoms with van der Waals surface area (Å²) in [6.07, 6.45) is 3.76. The third kappa shape index (κ3) is 2.61. The van der Waals surface area contributed by atoms with Gasteiger partial charge in [-0.25, -0.2) is 0 Å². The molecule has 1 rings (SSSR count). The molecule has 0 saturated heterocycles. The highest BCUT2D eigenvalue weighted by Gasteiger charge is 2.46. The fourth-order valence-corrected chi connectivity index (χ4v) is 2.17. The van der Waals surface area contributed by atoms with Crippen molar-refractivity contribution < 1.29 is 19.4 Å². The number of esters is 1. The lowest BCUT2D eigenvalue weighted by Gasteiger charge is -2.35. The van der Waals surface area contributed by atoms with E-state index in [4.69, 9.17) is 9.84 Å². The van der Waals surface area contributed by atoms with Gasteiger partial charge in [-0.05, 0) is 45.4 Å². The minimum Gasteiger partial charge on any atom is -0.480 e. The molecule has 1 aliphatic carbocycles. The third-order valence-electron chi connectivity index (χ3n) is 3.84. The summed E-state index contributed by atoms with van der Waals surface area (Å²) < 4.78 is 5.57. The Kier molecular flexibility index (Phi) is 3.84. The minimum absolute atomic E-state index is 0.221. The molecule has 0 aromatic heterocycles. The largest absolute Gasteiger partial charge is 0.480 e. The zero-order chi connectivity index (χ0) is 13.3. The van der Waals surface area contributed by atoms with E-state index in [9.17, 15) is 9.59 Å². The van der Waals surface area contributed by atoms with Crippen LogP contribution in [0.25, 0.3) is 0 Å². The molecule has 0 spiro atoms. The summed E-state index contributed by atoms with van der Waals surface area (Å²) >= 11 is 0. The Hall–Kier alpha value is -1.06. The Bertz CT molecular complexity index is 311. The number of hydrogen-bond acceptors (Lipinski definition) is 3. The van der Waals surface area contributed by atoms with Crippen LogP contribution < -0.4 is 0 Å². The van der Waals surface area contributed by atoms with E-state index in [0.717, 1.165) is 25.7 Å². The van der Waals surface area contributed by atoms with Gasteiger partial charge in [0.05, 0.1) is 0 Å². The fraction of sp³-hybridized carbons (Fsp3) is 0.846. The van der Waals surface area contributed by atoms with Gasteiger partial charge in [-0.15, -0.1) is 0 Å². The maximum Gasteiger partial charge on any atom is 0.323 e. The van der Waals surface area contributed by atoms with Crippen LogP contribution in [0.5, 0.6) is 0 Å². The molecular formula is C13H22O4. The predicted molar refractivity (Wildman–Crippen MR) is 63.5 cm³/mol. The Morgan fingerprint density at radius 1 is 1.24 bits per heavy atom. The van der Waals surface area contributed by atoms with Gasteiger partial charge < -0.3 is 9.84 Å². The number of carboxylic acids is 1. The normalized spacial score (nSPS) is 19.4. The van der Waals surface area contributed by atoms with Crippen LogP contribution >= 0.6 is 0 Å².